The van der Waals surface area contributed by atoms with Gasteiger partial charge in [-0.25, -0.2) is 17.7 Å². The van der Waals surface area contributed by atoms with Gasteiger partial charge in [0.1, 0.15) is 11.6 Å². The van der Waals surface area contributed by atoms with Gasteiger partial charge in [0, 0.05) is 33.5 Å². The summed E-state index contributed by atoms with van der Waals surface area (Å²) in [6.45, 7) is 4.45. The van der Waals surface area contributed by atoms with Crippen molar-refractivity contribution in [2.24, 2.45) is 0 Å². The normalized spacial score (nSPS) is 11.8. The Balaban J connectivity index is 1.74. The molecule has 178 valence electrons. The van der Waals surface area contributed by atoms with Gasteiger partial charge in [0.25, 0.3) is 5.91 Å². The van der Waals surface area contributed by atoms with Gasteiger partial charge in [0.15, 0.2) is 0 Å². The second-order valence-corrected chi connectivity index (χ2v) is 10.0. The van der Waals surface area contributed by atoms with Crippen molar-refractivity contribution < 1.29 is 22.4 Å². The van der Waals surface area contributed by atoms with E-state index in [9.17, 15) is 18.0 Å². The van der Waals surface area contributed by atoms with Crippen molar-refractivity contribution in [2.45, 2.75) is 51.0 Å². The predicted molar refractivity (Wildman–Crippen MR) is 123 cm³/mol. The molecule has 0 radical (unpaired) electrons. The Kier molecular flexibility index (Phi) is 7.54. The van der Waals surface area contributed by atoms with Crippen LogP contribution in [0.5, 0.6) is 0 Å². The molecule has 11 heteroatoms. The van der Waals surface area contributed by atoms with Gasteiger partial charge < -0.3 is 8.98 Å². The minimum atomic E-state index is -3.58. The number of nitrogens with zero attached hydrogens (tertiary/aromatic N) is 3. The van der Waals surface area contributed by atoms with Crippen molar-refractivity contribution in [1.82, 2.24) is 24.7 Å². The summed E-state index contributed by atoms with van der Waals surface area (Å²) in [5.74, 6) is 0.320. The molecule has 0 spiro atoms. The number of aryl methyl sites for hydroxylation is 3. The van der Waals surface area contributed by atoms with E-state index in [0.29, 0.717) is 35.6 Å². The van der Waals surface area contributed by atoms with E-state index >= 15 is 0 Å². The lowest BCUT2D eigenvalue weighted by Gasteiger charge is -2.11. The van der Waals surface area contributed by atoms with Crippen molar-refractivity contribution in [1.29, 1.82) is 0 Å². The lowest BCUT2D eigenvalue weighted by molar-refractivity contribution is -0.121. The standard InChI is InChI=1S/C22H29N5O5S/c1-5-6-12-27-19-8-7-16(33(30,31)26(3)4)14-18(19)23-20(27)9-10-21(28)24-25-22(29)17-11-13-32-15(17)2/h7-8,11,13-14H,5-6,9-10,12H2,1-4H3,(H,24,28)(H,25,29). The highest BCUT2D eigenvalue weighted by Crippen LogP contribution is 2.23. The molecule has 0 atom stereocenters. The molecule has 0 saturated heterocycles. The van der Waals surface area contributed by atoms with Gasteiger partial charge in [-0.2, -0.15) is 0 Å². The Hall–Kier alpha value is -3.18. The van der Waals surface area contributed by atoms with Crippen molar-refractivity contribution in [2.75, 3.05) is 14.1 Å². The van der Waals surface area contributed by atoms with Crippen LogP contribution in [0, 0.1) is 6.92 Å². The maximum Gasteiger partial charge on any atom is 0.273 e. The number of fused-ring (bicyclic) bond motifs is 1. The van der Waals surface area contributed by atoms with E-state index in [1.807, 2.05) is 4.57 Å². The number of hydrogen-bond donors (Lipinski definition) is 2. The molecule has 0 bridgehead atoms. The van der Waals surface area contributed by atoms with Gasteiger partial charge in [0.05, 0.1) is 27.8 Å². The predicted octanol–water partition coefficient (Wildman–Crippen LogP) is 2.38. The summed E-state index contributed by atoms with van der Waals surface area (Å²) in [7, 11) is -0.614. The first kappa shape index (κ1) is 24.5. The highest BCUT2D eigenvalue weighted by atomic mass is 32.2. The number of carbonyl (C=O) groups is 2. The van der Waals surface area contributed by atoms with Crippen LogP contribution in [0.15, 0.2) is 39.8 Å². The number of unbranched alkanes of at least 4 members (excludes halogenated alkanes) is 1. The van der Waals surface area contributed by atoms with E-state index in [0.717, 1.165) is 22.7 Å². The fraction of sp³-hybridized carbons (Fsp3) is 0.409. The van der Waals surface area contributed by atoms with Crippen molar-refractivity contribution in [3.8, 4) is 0 Å². The Morgan fingerprint density at radius 2 is 1.94 bits per heavy atom. The number of imidazole rings is 1. The Labute approximate surface area is 193 Å². The van der Waals surface area contributed by atoms with Crippen LogP contribution in [-0.2, 0) is 27.8 Å². The van der Waals surface area contributed by atoms with Gasteiger partial charge in [-0.05, 0) is 37.6 Å². The average molecular weight is 476 g/mol. The molecule has 10 nitrogen and oxygen atoms in total. The van der Waals surface area contributed by atoms with Crippen molar-refractivity contribution >= 4 is 32.9 Å². The summed E-state index contributed by atoms with van der Waals surface area (Å²) >= 11 is 0. The first-order valence-corrected chi connectivity index (χ1v) is 12.1. The summed E-state index contributed by atoms with van der Waals surface area (Å²) in [6, 6.07) is 6.42. The van der Waals surface area contributed by atoms with E-state index in [1.165, 1.54) is 26.4 Å². The molecule has 3 rings (SSSR count). The maximum absolute atomic E-state index is 12.5. The fourth-order valence-corrected chi connectivity index (χ4v) is 4.31. The molecule has 0 unspecified atom stereocenters. The van der Waals surface area contributed by atoms with Crippen LogP contribution in [0.25, 0.3) is 11.0 Å². The summed E-state index contributed by atoms with van der Waals surface area (Å²) in [4.78, 5) is 29.2. The Bertz CT molecular complexity index is 1260. The summed E-state index contributed by atoms with van der Waals surface area (Å²) in [5.41, 5.74) is 6.51. The number of carbonyl (C=O) groups excluding carboxylic acids is 2. The van der Waals surface area contributed by atoms with Gasteiger partial charge in [0.2, 0.25) is 15.9 Å². The molecule has 33 heavy (non-hydrogen) atoms. The van der Waals surface area contributed by atoms with Crippen molar-refractivity contribution in [3.05, 3.63) is 47.7 Å². The number of amides is 2. The van der Waals surface area contributed by atoms with Crippen molar-refractivity contribution in [3.63, 3.8) is 0 Å². The monoisotopic (exact) mass is 475 g/mol. The number of rotatable bonds is 9. The van der Waals surface area contributed by atoms with Crippen LogP contribution in [-0.4, -0.2) is 48.2 Å². The number of hydrazine groups is 1. The summed E-state index contributed by atoms with van der Waals surface area (Å²) in [6.07, 6.45) is 3.74. The third kappa shape index (κ3) is 5.42. The number of hydrogen-bond acceptors (Lipinski definition) is 6. The molecule has 2 aromatic heterocycles. The smallest absolute Gasteiger partial charge is 0.273 e. The van der Waals surface area contributed by atoms with Gasteiger partial charge >= 0.3 is 0 Å². The first-order valence-electron chi connectivity index (χ1n) is 10.7. The molecule has 0 saturated carbocycles. The number of furan rings is 1. The van der Waals surface area contributed by atoms with Crippen LogP contribution in [0.2, 0.25) is 0 Å². The lowest BCUT2D eigenvalue weighted by Crippen LogP contribution is -2.41. The summed E-state index contributed by atoms with van der Waals surface area (Å²) in [5, 5.41) is 0. The first-order chi connectivity index (χ1) is 15.6. The van der Waals surface area contributed by atoms with Crippen LogP contribution < -0.4 is 10.9 Å². The SMILES string of the molecule is CCCCn1c(CCC(=O)NNC(=O)c2ccoc2C)nc2cc(S(=O)(=O)N(C)C)ccc21. The Morgan fingerprint density at radius 1 is 1.18 bits per heavy atom. The molecular weight excluding hydrogens is 446 g/mol. The molecular formula is C22H29N5O5S. The molecule has 2 amide bonds. The van der Waals surface area contributed by atoms with E-state index in [1.54, 1.807) is 25.1 Å². The zero-order valence-electron chi connectivity index (χ0n) is 19.2. The molecule has 0 aliphatic heterocycles. The maximum atomic E-state index is 12.5. The van der Waals surface area contributed by atoms with E-state index in [2.05, 4.69) is 22.8 Å². The third-order valence-electron chi connectivity index (χ3n) is 5.31. The average Bonchev–Trinajstić information content (AvgIpc) is 3.36. The molecule has 1 aromatic carbocycles. The van der Waals surface area contributed by atoms with E-state index in [4.69, 9.17) is 4.42 Å². The topological polar surface area (TPSA) is 127 Å². The van der Waals surface area contributed by atoms with Crippen LogP contribution in [0.1, 0.15) is 48.1 Å². The molecule has 0 aliphatic carbocycles. The zero-order chi connectivity index (χ0) is 24.2. The van der Waals surface area contributed by atoms with Gasteiger partial charge in [-0.3, -0.25) is 20.4 Å². The van der Waals surface area contributed by atoms with E-state index < -0.39 is 15.9 Å². The van der Waals surface area contributed by atoms with E-state index in [-0.39, 0.29) is 17.2 Å². The number of nitrogens with one attached hydrogen (secondary N) is 2. The molecule has 3 aromatic rings. The second kappa shape index (κ2) is 10.2. The summed E-state index contributed by atoms with van der Waals surface area (Å²) < 4.78 is 33.2. The van der Waals surface area contributed by atoms with Crippen LogP contribution >= 0.6 is 0 Å². The number of aromatic nitrogens is 2. The van der Waals surface area contributed by atoms with Crippen LogP contribution in [0.4, 0.5) is 0 Å². The molecule has 2 N–H and O–H groups in total. The molecule has 0 fully saturated rings. The largest absolute Gasteiger partial charge is 0.469 e. The number of benzene rings is 1. The second-order valence-electron chi connectivity index (χ2n) is 7.86. The quantitative estimate of drug-likeness (QED) is 0.458. The van der Waals surface area contributed by atoms with Gasteiger partial charge in [-0.1, -0.05) is 13.3 Å². The minimum Gasteiger partial charge on any atom is -0.469 e. The third-order valence-corrected chi connectivity index (χ3v) is 7.12. The lowest BCUT2D eigenvalue weighted by atomic mass is 10.2. The highest BCUT2D eigenvalue weighted by molar-refractivity contribution is 7.89. The van der Waals surface area contributed by atoms with Crippen LogP contribution in [0.3, 0.4) is 0 Å². The van der Waals surface area contributed by atoms with Gasteiger partial charge in [-0.15, -0.1) is 0 Å². The zero-order valence-corrected chi connectivity index (χ0v) is 20.0. The molecule has 0 aliphatic rings. The Morgan fingerprint density at radius 3 is 2.58 bits per heavy atom. The highest BCUT2D eigenvalue weighted by Gasteiger charge is 2.20. The fourth-order valence-electron chi connectivity index (χ4n) is 3.39. The minimum absolute atomic E-state index is 0.100. The molecule has 2 heterocycles. The number of sulfonamides is 1.